The Bertz CT molecular complexity index is 933. The zero-order valence-corrected chi connectivity index (χ0v) is 14.9. The lowest BCUT2D eigenvalue weighted by atomic mass is 10.3. The number of sulfonamides is 1. The molecule has 0 fully saturated rings. The molecule has 6 nitrogen and oxygen atoms in total. The maximum Gasteiger partial charge on any atom is 0.261 e. The fourth-order valence-electron chi connectivity index (χ4n) is 1.70. The number of sulfone groups is 1. The van der Waals surface area contributed by atoms with Gasteiger partial charge in [-0.3, -0.25) is 4.72 Å². The molecule has 0 bridgehead atoms. The Kier molecular flexibility index (Phi) is 4.81. The zero-order valence-electron chi connectivity index (χ0n) is 11.7. The molecule has 2 rings (SSSR count). The van der Waals surface area contributed by atoms with E-state index in [1.807, 2.05) is 0 Å². The molecule has 0 aromatic heterocycles. The highest BCUT2D eigenvalue weighted by Gasteiger charge is 2.18. The molecular weight excluding hydrogens is 383 g/mol. The molecular formula is C13H12Cl2N2O4S2. The fraction of sp³-hybridized carbons (Fsp3) is 0.0769. The lowest BCUT2D eigenvalue weighted by Gasteiger charge is -2.10. The second-order valence-corrected chi connectivity index (χ2v) is 9.22. The molecule has 3 N–H and O–H groups in total. The van der Waals surface area contributed by atoms with Crippen LogP contribution >= 0.6 is 23.2 Å². The summed E-state index contributed by atoms with van der Waals surface area (Å²) < 4.78 is 49.7. The Hall–Kier alpha value is -1.48. The van der Waals surface area contributed by atoms with Gasteiger partial charge in [-0.25, -0.2) is 16.8 Å². The molecule has 2 aromatic rings. The van der Waals surface area contributed by atoms with Crippen molar-refractivity contribution >= 4 is 54.4 Å². The average Bonchev–Trinajstić information content (AvgIpc) is 2.43. The molecule has 0 unspecified atom stereocenters. The molecule has 0 aliphatic heterocycles. The van der Waals surface area contributed by atoms with Gasteiger partial charge in [-0.2, -0.15) is 0 Å². The quantitative estimate of drug-likeness (QED) is 0.775. The van der Waals surface area contributed by atoms with E-state index in [0.717, 1.165) is 6.26 Å². The van der Waals surface area contributed by atoms with Crippen molar-refractivity contribution in [1.29, 1.82) is 0 Å². The molecule has 10 heteroatoms. The Morgan fingerprint density at radius 3 is 1.83 bits per heavy atom. The minimum atomic E-state index is -3.95. The van der Waals surface area contributed by atoms with Gasteiger partial charge in [-0.05, 0) is 36.4 Å². The summed E-state index contributed by atoms with van der Waals surface area (Å²) in [6, 6.07) is 7.64. The summed E-state index contributed by atoms with van der Waals surface area (Å²) in [5, 5.41) is 0.0376. The van der Waals surface area contributed by atoms with Crippen molar-refractivity contribution in [2.45, 2.75) is 9.79 Å². The lowest BCUT2D eigenvalue weighted by molar-refractivity contribution is 0.600. The maximum absolute atomic E-state index is 12.3. The van der Waals surface area contributed by atoms with Gasteiger partial charge in [0.05, 0.1) is 25.5 Å². The summed E-state index contributed by atoms with van der Waals surface area (Å²) >= 11 is 11.7. The molecule has 0 radical (unpaired) electrons. The van der Waals surface area contributed by atoms with E-state index >= 15 is 0 Å². The van der Waals surface area contributed by atoms with Crippen molar-refractivity contribution in [3.05, 3.63) is 46.4 Å². The second-order valence-electron chi connectivity index (χ2n) is 4.70. The monoisotopic (exact) mass is 394 g/mol. The Balaban J connectivity index is 2.35. The third-order valence-electron chi connectivity index (χ3n) is 2.90. The van der Waals surface area contributed by atoms with Crippen LogP contribution in [0.25, 0.3) is 0 Å². The van der Waals surface area contributed by atoms with Crippen LogP contribution in [-0.2, 0) is 19.9 Å². The SMILES string of the molecule is CS(=O)(=O)c1ccc(NS(=O)(=O)c2cc(Cl)c(N)c(Cl)c2)cc1. The van der Waals surface area contributed by atoms with Gasteiger partial charge in [0.1, 0.15) is 0 Å². The highest BCUT2D eigenvalue weighted by Crippen LogP contribution is 2.31. The summed E-state index contributed by atoms with van der Waals surface area (Å²) in [4.78, 5) is -0.0760. The Morgan fingerprint density at radius 1 is 0.913 bits per heavy atom. The van der Waals surface area contributed by atoms with Crippen LogP contribution in [0.2, 0.25) is 10.0 Å². The van der Waals surface area contributed by atoms with Crippen molar-refractivity contribution in [3.8, 4) is 0 Å². The standard InChI is InChI=1S/C13H12Cl2N2O4S2/c1-22(18,19)9-4-2-8(3-5-9)17-23(20,21)10-6-11(14)13(16)12(15)7-10/h2-7,17H,16H2,1H3. The molecule has 124 valence electrons. The van der Waals surface area contributed by atoms with Crippen LogP contribution in [0.3, 0.4) is 0 Å². The number of anilines is 2. The number of hydrogen-bond acceptors (Lipinski definition) is 5. The largest absolute Gasteiger partial charge is 0.396 e. The first-order valence-corrected chi connectivity index (χ1v) is 10.2. The number of rotatable bonds is 4. The first-order valence-electron chi connectivity index (χ1n) is 6.08. The van der Waals surface area contributed by atoms with Gasteiger partial charge in [0.2, 0.25) is 0 Å². The van der Waals surface area contributed by atoms with E-state index in [4.69, 9.17) is 28.9 Å². The van der Waals surface area contributed by atoms with Crippen molar-refractivity contribution in [3.63, 3.8) is 0 Å². The molecule has 0 amide bonds. The van der Waals surface area contributed by atoms with Gasteiger partial charge in [-0.15, -0.1) is 0 Å². The van der Waals surface area contributed by atoms with Crippen LogP contribution in [0, 0.1) is 0 Å². The number of halogens is 2. The van der Waals surface area contributed by atoms with Crippen molar-refractivity contribution in [2.75, 3.05) is 16.7 Å². The van der Waals surface area contributed by atoms with Crippen LogP contribution in [0.1, 0.15) is 0 Å². The summed E-state index contributed by atoms with van der Waals surface area (Å²) in [5.41, 5.74) is 5.85. The number of nitrogens with one attached hydrogen (secondary N) is 1. The van der Waals surface area contributed by atoms with E-state index < -0.39 is 19.9 Å². The minimum Gasteiger partial charge on any atom is -0.396 e. The molecule has 0 heterocycles. The third-order valence-corrected chi connectivity index (χ3v) is 6.01. The molecule has 23 heavy (non-hydrogen) atoms. The molecule has 0 aliphatic carbocycles. The first-order chi connectivity index (χ1) is 10.5. The van der Waals surface area contributed by atoms with Crippen LogP contribution in [-0.4, -0.2) is 23.1 Å². The number of benzene rings is 2. The second kappa shape index (κ2) is 6.20. The van der Waals surface area contributed by atoms with Crippen LogP contribution in [0.15, 0.2) is 46.2 Å². The van der Waals surface area contributed by atoms with Crippen molar-refractivity contribution in [2.24, 2.45) is 0 Å². The molecule has 0 atom stereocenters. The predicted molar refractivity (Wildman–Crippen MR) is 91.2 cm³/mol. The summed E-state index contributed by atoms with van der Waals surface area (Å²) in [7, 11) is -7.30. The molecule has 0 saturated carbocycles. The number of hydrogen-bond donors (Lipinski definition) is 2. The van der Waals surface area contributed by atoms with Gasteiger partial charge < -0.3 is 5.73 Å². The Morgan fingerprint density at radius 2 is 1.39 bits per heavy atom. The summed E-state index contributed by atoms with van der Waals surface area (Å²) in [5.74, 6) is 0. The number of nitrogen functional groups attached to an aromatic ring is 1. The molecule has 0 spiro atoms. The average molecular weight is 395 g/mol. The minimum absolute atomic E-state index is 0.0188. The van der Waals surface area contributed by atoms with Gasteiger partial charge in [0.15, 0.2) is 9.84 Å². The Labute approximate surface area is 144 Å². The van der Waals surface area contributed by atoms with E-state index in [0.29, 0.717) is 0 Å². The van der Waals surface area contributed by atoms with E-state index in [1.54, 1.807) is 0 Å². The summed E-state index contributed by atoms with van der Waals surface area (Å²) in [6.07, 6.45) is 1.06. The highest BCUT2D eigenvalue weighted by molar-refractivity contribution is 7.92. The van der Waals surface area contributed by atoms with Crippen LogP contribution in [0.5, 0.6) is 0 Å². The molecule has 0 aliphatic rings. The van der Waals surface area contributed by atoms with Gasteiger partial charge in [0.25, 0.3) is 10.0 Å². The fourth-order valence-corrected chi connectivity index (χ4v) is 4.06. The van der Waals surface area contributed by atoms with E-state index in [-0.39, 0.29) is 31.2 Å². The van der Waals surface area contributed by atoms with Crippen LogP contribution < -0.4 is 10.5 Å². The van der Waals surface area contributed by atoms with Crippen LogP contribution in [0.4, 0.5) is 11.4 Å². The first kappa shape index (κ1) is 17.9. The van der Waals surface area contributed by atoms with E-state index in [9.17, 15) is 16.8 Å². The topological polar surface area (TPSA) is 106 Å². The smallest absolute Gasteiger partial charge is 0.261 e. The van der Waals surface area contributed by atoms with E-state index in [2.05, 4.69) is 4.72 Å². The van der Waals surface area contributed by atoms with Crippen molar-refractivity contribution < 1.29 is 16.8 Å². The molecule has 0 saturated heterocycles. The number of nitrogens with two attached hydrogens (primary N) is 1. The molecule has 2 aromatic carbocycles. The lowest BCUT2D eigenvalue weighted by Crippen LogP contribution is -2.13. The zero-order chi connectivity index (χ0) is 17.4. The predicted octanol–water partition coefficient (Wildman–Crippen LogP) is 2.78. The van der Waals surface area contributed by atoms with Gasteiger partial charge in [-0.1, -0.05) is 23.2 Å². The van der Waals surface area contributed by atoms with Gasteiger partial charge >= 0.3 is 0 Å². The normalized spacial score (nSPS) is 12.1. The maximum atomic E-state index is 12.3. The third kappa shape index (κ3) is 4.08. The van der Waals surface area contributed by atoms with E-state index in [1.165, 1.54) is 36.4 Å². The summed E-state index contributed by atoms with van der Waals surface area (Å²) in [6.45, 7) is 0. The van der Waals surface area contributed by atoms with Gasteiger partial charge in [0, 0.05) is 11.9 Å². The van der Waals surface area contributed by atoms with Crippen molar-refractivity contribution in [1.82, 2.24) is 0 Å². The highest BCUT2D eigenvalue weighted by atomic mass is 35.5.